The van der Waals surface area contributed by atoms with E-state index in [9.17, 15) is 39.5 Å². The highest BCUT2D eigenvalue weighted by Crippen LogP contribution is 2.41. The van der Waals surface area contributed by atoms with Crippen molar-refractivity contribution in [3.05, 3.63) is 41.7 Å². The van der Waals surface area contributed by atoms with Crippen LogP contribution in [-0.4, -0.2) is 200 Å². The monoisotopic (exact) mass is 1050 g/mol. The first-order chi connectivity index (χ1) is 34.7. The van der Waals surface area contributed by atoms with Crippen molar-refractivity contribution in [2.45, 2.75) is 223 Å². The number of halogens is 1. The van der Waals surface area contributed by atoms with Gasteiger partial charge in [-0.05, 0) is 125 Å². The topological polar surface area (TPSA) is 240 Å². The second kappa shape index (κ2) is 25.0. The van der Waals surface area contributed by atoms with Gasteiger partial charge in [0, 0.05) is 57.0 Å². The Morgan fingerprint density at radius 3 is 2.30 bits per heavy atom. The quantitative estimate of drug-likeness (QED) is 0.131. The number of aliphatic hydroxyl groups is 5. The summed E-state index contributed by atoms with van der Waals surface area (Å²) in [6.07, 6.45) is -5.28. The Morgan fingerprint density at radius 2 is 1.68 bits per heavy atom. The van der Waals surface area contributed by atoms with E-state index >= 15 is 0 Å². The molecule has 1 amide bonds. The number of carbonyl (C=O) groups is 2. The Bertz CT molecular complexity index is 2120. The molecule has 1 aromatic carbocycles. The number of amides is 1. The lowest BCUT2D eigenvalue weighted by Gasteiger charge is -2.49. The van der Waals surface area contributed by atoms with E-state index in [1.54, 1.807) is 60.2 Å². The number of cyclic esters (lactones) is 1. The van der Waals surface area contributed by atoms with Gasteiger partial charge in [-0.2, -0.15) is 0 Å². The van der Waals surface area contributed by atoms with Crippen molar-refractivity contribution >= 4 is 11.9 Å². The molecular formula is C54H89FN6O13. The molecule has 19 atom stereocenters. The Labute approximate surface area is 437 Å². The summed E-state index contributed by atoms with van der Waals surface area (Å²) in [5, 5.41) is 71.0. The maximum absolute atomic E-state index is 14.5. The highest BCUT2D eigenvalue weighted by Gasteiger charge is 2.53. The van der Waals surface area contributed by atoms with Gasteiger partial charge in [-0.3, -0.25) is 9.59 Å². The molecule has 19 nitrogen and oxygen atoms in total. The van der Waals surface area contributed by atoms with Gasteiger partial charge in [-0.1, -0.05) is 38.1 Å². The molecule has 6 rings (SSSR count). The number of alkyl halides is 1. The number of hydrogen-bond acceptors (Lipinski definition) is 17. The van der Waals surface area contributed by atoms with E-state index in [1.807, 2.05) is 61.2 Å². The van der Waals surface area contributed by atoms with E-state index < -0.39 is 121 Å². The molecule has 6 N–H and O–H groups in total. The highest BCUT2D eigenvalue weighted by molar-refractivity contribution is 5.76. The number of methoxy groups -OCH3 is 1. The zero-order valence-electron chi connectivity index (χ0n) is 46.1. The average molecular weight is 1050 g/mol. The van der Waals surface area contributed by atoms with Crippen LogP contribution in [0.25, 0.3) is 5.69 Å². The smallest absolute Gasteiger partial charge is 0.311 e. The summed E-state index contributed by atoms with van der Waals surface area (Å²) in [7, 11) is 5.10. The number of aromatic nitrogens is 3. The van der Waals surface area contributed by atoms with E-state index in [0.717, 1.165) is 29.8 Å². The third-order valence-electron chi connectivity index (χ3n) is 16.5. The number of ether oxygens (including phenoxy) is 6. The predicted molar refractivity (Wildman–Crippen MR) is 273 cm³/mol. The minimum Gasteiger partial charge on any atom is -0.459 e. The van der Waals surface area contributed by atoms with Crippen LogP contribution < -0.4 is 5.32 Å². The minimum atomic E-state index is -1.86. The van der Waals surface area contributed by atoms with Gasteiger partial charge in [0.25, 0.3) is 0 Å². The number of esters is 1. The predicted octanol–water partition coefficient (Wildman–Crippen LogP) is 3.82. The van der Waals surface area contributed by atoms with Crippen molar-refractivity contribution in [1.82, 2.24) is 30.1 Å². The van der Waals surface area contributed by atoms with Crippen LogP contribution in [0.15, 0.2) is 30.5 Å². The number of likely N-dealkylation sites (N-methyl/N-ethyl adjacent to an activating group) is 2. The molecule has 0 bridgehead atoms. The summed E-state index contributed by atoms with van der Waals surface area (Å²) in [6.45, 7) is 17.1. The summed E-state index contributed by atoms with van der Waals surface area (Å²) < 4.78 is 54.3. The van der Waals surface area contributed by atoms with Crippen LogP contribution in [0.5, 0.6) is 0 Å². The van der Waals surface area contributed by atoms with Gasteiger partial charge >= 0.3 is 5.97 Å². The first-order valence-electron chi connectivity index (χ1n) is 26.9. The minimum absolute atomic E-state index is 0.0181. The summed E-state index contributed by atoms with van der Waals surface area (Å²) in [5.41, 5.74) is -1.95. The van der Waals surface area contributed by atoms with Crippen molar-refractivity contribution in [2.24, 2.45) is 17.8 Å². The normalized spacial score (nSPS) is 39.7. The molecule has 3 saturated heterocycles. The number of nitrogens with one attached hydrogen (secondary N) is 1. The Morgan fingerprint density at radius 1 is 1.00 bits per heavy atom. The van der Waals surface area contributed by atoms with Crippen LogP contribution >= 0.6 is 0 Å². The summed E-state index contributed by atoms with van der Waals surface area (Å²) in [5.74, 6) is -2.80. The standard InChI is InChI=1S/C54H89FN6O13/c1-14-42-54(10,68)47(64)34(6)60(12)28-30(2)25-52(8,67)49(32(4)46(33(5)50(66)72-42)73-44-26-53(9,69-13)48(65)35(7)71-44)74-51-45(63)41(23-31(3)70-51)59(11)22-21-43(62)56-38(27-55)24-36-15-19-39(20-16-36)61-29-40(57-58-61)37-17-18-37/h15-16,19-20,29-35,37-38,41-42,44-49,51,63-65,67-68H,14,17-18,21-28H2,1-13H3,(H,56,62)/t30-,31-,32+,33-,34-,35+,38-,41+,42-,44+,45-,46+,47-,48+,49-,51+,52?,53?,54?/m1/s1. The van der Waals surface area contributed by atoms with Crippen LogP contribution in [0.3, 0.4) is 0 Å². The van der Waals surface area contributed by atoms with Crippen LogP contribution in [0.4, 0.5) is 4.39 Å². The fourth-order valence-electron chi connectivity index (χ4n) is 11.6. The maximum atomic E-state index is 14.5. The van der Waals surface area contributed by atoms with Gasteiger partial charge in [-0.15, -0.1) is 5.10 Å². The van der Waals surface area contributed by atoms with Gasteiger partial charge in [0.15, 0.2) is 12.6 Å². The van der Waals surface area contributed by atoms with Crippen molar-refractivity contribution in [3.63, 3.8) is 0 Å². The number of hydrogen-bond donors (Lipinski definition) is 6. The summed E-state index contributed by atoms with van der Waals surface area (Å²) >= 11 is 0. The van der Waals surface area contributed by atoms with E-state index in [0.29, 0.717) is 18.9 Å². The van der Waals surface area contributed by atoms with Crippen LogP contribution in [-0.2, 0) is 44.4 Å². The van der Waals surface area contributed by atoms with Crippen molar-refractivity contribution in [2.75, 3.05) is 41.0 Å². The molecule has 3 aliphatic heterocycles. The SMILES string of the molecule is CC[C@H]1OC(=O)[C@H](C)[C@@H](O[C@H]2CC(C)(OC)[C@@H](O)[C@H](C)O2)[C@H](C)[C@@H](O[C@@H]2O[C@H](C)C[C@H](N(C)CCC(=O)N[C@@H](CF)Cc3ccc(-n4cc(C5CC5)nn4)cc3)[C@H]2O)C(C)(O)C[C@@H](C)CN(C)[C@H](C)[C@@H](O)C1(C)O. The zero-order valence-corrected chi connectivity index (χ0v) is 46.1. The molecule has 1 aromatic heterocycles. The average Bonchev–Trinajstić information content (AvgIpc) is 4.09. The fourth-order valence-corrected chi connectivity index (χ4v) is 11.6. The summed E-state index contributed by atoms with van der Waals surface area (Å²) in [6, 6.07) is 5.66. The molecule has 0 radical (unpaired) electrons. The molecular weight excluding hydrogens is 960 g/mol. The maximum Gasteiger partial charge on any atom is 0.311 e. The van der Waals surface area contributed by atoms with Crippen LogP contribution in [0.2, 0.25) is 0 Å². The molecule has 20 heteroatoms. The molecule has 0 spiro atoms. The molecule has 4 fully saturated rings. The van der Waals surface area contributed by atoms with Gasteiger partial charge in [0.2, 0.25) is 5.91 Å². The van der Waals surface area contributed by atoms with Gasteiger partial charge in [0.05, 0.1) is 65.2 Å². The lowest BCUT2D eigenvalue weighted by Crippen LogP contribution is -2.61. The van der Waals surface area contributed by atoms with Crippen molar-refractivity contribution in [1.29, 1.82) is 0 Å². The lowest BCUT2D eigenvalue weighted by atomic mass is 9.77. The number of rotatable bonds is 16. The first kappa shape index (κ1) is 60.0. The van der Waals surface area contributed by atoms with E-state index in [-0.39, 0.29) is 50.5 Å². The Balaban J connectivity index is 1.21. The molecule has 4 aliphatic rings. The number of carbonyl (C=O) groups excluding carboxylic acids is 2. The Kier molecular flexibility index (Phi) is 20.3. The second-order valence-electron chi connectivity index (χ2n) is 23.1. The molecule has 1 aliphatic carbocycles. The van der Waals surface area contributed by atoms with Crippen molar-refractivity contribution in [3.8, 4) is 5.69 Å². The molecule has 74 heavy (non-hydrogen) atoms. The largest absolute Gasteiger partial charge is 0.459 e. The number of nitrogens with zero attached hydrogens (tertiary/aromatic N) is 5. The van der Waals surface area contributed by atoms with E-state index in [2.05, 4.69) is 15.6 Å². The highest BCUT2D eigenvalue weighted by atomic mass is 19.1. The molecule has 4 heterocycles. The van der Waals surface area contributed by atoms with E-state index in [4.69, 9.17) is 28.4 Å². The van der Waals surface area contributed by atoms with Crippen molar-refractivity contribution < 1.29 is 67.9 Å². The zero-order chi connectivity index (χ0) is 54.6. The summed E-state index contributed by atoms with van der Waals surface area (Å²) in [4.78, 5) is 31.6. The van der Waals surface area contributed by atoms with E-state index in [1.165, 1.54) is 14.0 Å². The number of aliphatic hydroxyl groups excluding tert-OH is 3. The first-order valence-corrected chi connectivity index (χ1v) is 26.9. The molecule has 3 unspecified atom stereocenters. The fraction of sp³-hybridized carbons (Fsp3) is 0.815. The number of benzene rings is 1. The van der Waals surface area contributed by atoms with Gasteiger partial charge in [-0.25, -0.2) is 9.07 Å². The molecule has 2 aromatic rings. The molecule has 1 saturated carbocycles. The van der Waals surface area contributed by atoms with Crippen LogP contribution in [0, 0.1) is 17.8 Å². The third kappa shape index (κ3) is 14.3. The third-order valence-corrected chi connectivity index (χ3v) is 16.5. The lowest BCUT2D eigenvalue weighted by molar-refractivity contribution is -0.318. The van der Waals surface area contributed by atoms with Gasteiger partial charge < -0.3 is 69.1 Å². The van der Waals surface area contributed by atoms with Crippen LogP contribution in [0.1, 0.15) is 131 Å². The Hall–Kier alpha value is -3.25. The second-order valence-corrected chi connectivity index (χ2v) is 23.1. The molecule has 420 valence electrons. The van der Waals surface area contributed by atoms with Gasteiger partial charge in [0.1, 0.15) is 36.7 Å².